The quantitative estimate of drug-likeness (QED) is 0.176. The highest BCUT2D eigenvalue weighted by Gasteiger charge is 2.43. The number of amides is 1. The van der Waals surface area contributed by atoms with Gasteiger partial charge >= 0.3 is 5.69 Å². The lowest BCUT2D eigenvalue weighted by atomic mass is 10.1. The highest BCUT2D eigenvalue weighted by atomic mass is 32.2. The van der Waals surface area contributed by atoms with Crippen LogP contribution in [0.5, 0.6) is 17.4 Å². The number of hydroxylamine groups is 1. The first kappa shape index (κ1) is 26.7. The smallest absolute Gasteiger partial charge is 0.331 e. The number of imidazole rings is 1. The number of hydrogen-bond donors (Lipinski definition) is 4. The summed E-state index contributed by atoms with van der Waals surface area (Å²) >= 11 is 0. The first-order valence-electron chi connectivity index (χ1n) is 11.4. The summed E-state index contributed by atoms with van der Waals surface area (Å²) in [5.41, 5.74) is -1.62. The topological polar surface area (TPSA) is 160 Å². The average molecular weight is 540 g/mol. The number of nitrogens with zero attached hydrogens (tertiary/aromatic N) is 2. The Morgan fingerprint density at radius 2 is 1.50 bits per heavy atom. The van der Waals surface area contributed by atoms with Crippen molar-refractivity contribution >= 4 is 15.7 Å². The molecule has 0 saturated heterocycles. The van der Waals surface area contributed by atoms with Gasteiger partial charge < -0.3 is 14.9 Å². The van der Waals surface area contributed by atoms with Gasteiger partial charge in [0.15, 0.2) is 15.4 Å². The van der Waals surface area contributed by atoms with E-state index in [-0.39, 0.29) is 11.4 Å². The predicted molar refractivity (Wildman–Crippen MR) is 136 cm³/mol. The van der Waals surface area contributed by atoms with Gasteiger partial charge in [-0.05, 0) is 42.0 Å². The van der Waals surface area contributed by atoms with Crippen molar-refractivity contribution in [2.75, 3.05) is 5.75 Å². The van der Waals surface area contributed by atoms with Gasteiger partial charge in [0.05, 0.1) is 29.9 Å². The maximum absolute atomic E-state index is 13.1. The number of nitrogens with one attached hydrogen (secondary N) is 1. The van der Waals surface area contributed by atoms with E-state index in [4.69, 9.17) is 4.74 Å². The highest BCUT2D eigenvalue weighted by molar-refractivity contribution is 7.91. The zero-order chi connectivity index (χ0) is 27.3. The number of ether oxygens (including phenoxy) is 1. The van der Waals surface area contributed by atoms with Crippen molar-refractivity contribution in [3.8, 4) is 17.4 Å². The number of hydrogen-bond acceptors (Lipinski definition) is 8. The Kier molecular flexibility index (Phi) is 7.67. The molecule has 0 fully saturated rings. The fourth-order valence-electron chi connectivity index (χ4n) is 3.85. The first-order chi connectivity index (χ1) is 18.1. The monoisotopic (exact) mass is 539 g/mol. The standard InChI is InChI=1S/C26H25N3O8S/c30-23-16-28(15-19-7-3-1-4-8-19)25(32)29(23)17-26(33,24(31)27-34)18-38(35,36)22-13-11-21(12-14-22)37-20-9-5-2-6-10-20/h1-14,16,30,33-34H,15,17-18H2,(H,27,31). The van der Waals surface area contributed by atoms with E-state index in [0.717, 1.165) is 16.3 Å². The molecule has 1 amide bonds. The summed E-state index contributed by atoms with van der Waals surface area (Å²) in [6, 6.07) is 23.0. The van der Waals surface area contributed by atoms with Gasteiger partial charge in [0.25, 0.3) is 5.91 Å². The molecule has 38 heavy (non-hydrogen) atoms. The molecule has 3 aromatic carbocycles. The zero-order valence-electron chi connectivity index (χ0n) is 20.0. The maximum atomic E-state index is 13.1. The van der Waals surface area contributed by atoms with Crippen LogP contribution in [0.3, 0.4) is 0 Å². The van der Waals surface area contributed by atoms with Crippen molar-refractivity contribution in [1.82, 2.24) is 14.6 Å². The van der Waals surface area contributed by atoms with Crippen LogP contribution >= 0.6 is 0 Å². The van der Waals surface area contributed by atoms with E-state index in [0.29, 0.717) is 16.1 Å². The van der Waals surface area contributed by atoms with Crippen molar-refractivity contribution in [3.63, 3.8) is 0 Å². The zero-order valence-corrected chi connectivity index (χ0v) is 20.8. The average Bonchev–Trinajstić information content (AvgIpc) is 3.16. The number of aromatic nitrogens is 2. The molecule has 0 aliphatic heterocycles. The number of benzene rings is 3. The number of carbonyl (C=O) groups is 1. The number of aliphatic hydroxyl groups is 1. The third kappa shape index (κ3) is 5.94. The minimum Gasteiger partial charge on any atom is -0.493 e. The van der Waals surface area contributed by atoms with E-state index < -0.39 is 45.2 Å². The molecular formula is C26H25N3O8S. The normalized spacial score (nSPS) is 13.0. The lowest BCUT2D eigenvalue weighted by Crippen LogP contribution is -2.54. The molecule has 0 radical (unpaired) electrons. The molecule has 11 nitrogen and oxygen atoms in total. The van der Waals surface area contributed by atoms with Gasteiger partial charge in [0.1, 0.15) is 11.5 Å². The van der Waals surface area contributed by atoms with Crippen LogP contribution in [0, 0.1) is 0 Å². The van der Waals surface area contributed by atoms with E-state index in [2.05, 4.69) is 0 Å². The van der Waals surface area contributed by atoms with Gasteiger partial charge in [0, 0.05) is 0 Å². The summed E-state index contributed by atoms with van der Waals surface area (Å²) in [6.45, 7) is -0.860. The Morgan fingerprint density at radius 1 is 0.921 bits per heavy atom. The van der Waals surface area contributed by atoms with Gasteiger partial charge in [-0.15, -0.1) is 0 Å². The summed E-state index contributed by atoms with van der Waals surface area (Å²) < 4.78 is 33.7. The van der Waals surface area contributed by atoms with Gasteiger partial charge in [-0.3, -0.25) is 19.1 Å². The molecule has 0 saturated carbocycles. The number of rotatable bonds is 10. The van der Waals surface area contributed by atoms with Crippen LogP contribution in [0.2, 0.25) is 0 Å². The Balaban J connectivity index is 1.57. The van der Waals surface area contributed by atoms with Gasteiger partial charge in [-0.2, -0.15) is 0 Å². The minimum absolute atomic E-state index is 0.0839. The van der Waals surface area contributed by atoms with Crippen LogP contribution < -0.4 is 15.9 Å². The van der Waals surface area contributed by atoms with Gasteiger partial charge in [-0.25, -0.2) is 18.7 Å². The second-order valence-electron chi connectivity index (χ2n) is 8.59. The summed E-state index contributed by atoms with van der Waals surface area (Å²) in [5, 5.41) is 30.6. The Bertz CT molecular complexity index is 1570. The molecule has 0 bridgehead atoms. The minimum atomic E-state index is -4.33. The summed E-state index contributed by atoms with van der Waals surface area (Å²) in [6.07, 6.45) is 1.10. The second kappa shape index (κ2) is 10.9. The molecule has 0 spiro atoms. The number of aromatic hydroxyl groups is 1. The number of carbonyl (C=O) groups excluding carboxylic acids is 1. The lowest BCUT2D eigenvalue weighted by molar-refractivity contribution is -0.148. The Hall–Kier alpha value is -4.39. The third-order valence-electron chi connectivity index (χ3n) is 5.75. The number of sulfone groups is 1. The maximum Gasteiger partial charge on any atom is 0.331 e. The number of para-hydroxylation sites is 1. The van der Waals surface area contributed by atoms with Gasteiger partial charge in [-0.1, -0.05) is 48.5 Å². The SMILES string of the molecule is O=C(NO)C(O)(Cn1c(O)cn(Cc2ccccc2)c1=O)CS(=O)(=O)c1ccc(Oc2ccccc2)cc1. The molecule has 1 atom stereocenters. The molecule has 12 heteroatoms. The van der Waals surface area contributed by atoms with E-state index in [9.17, 15) is 33.4 Å². The van der Waals surface area contributed by atoms with E-state index in [1.165, 1.54) is 29.7 Å². The third-order valence-corrected chi connectivity index (χ3v) is 7.60. The van der Waals surface area contributed by atoms with Crippen molar-refractivity contribution in [1.29, 1.82) is 0 Å². The van der Waals surface area contributed by atoms with Crippen LogP contribution in [0.15, 0.2) is 101 Å². The van der Waals surface area contributed by atoms with Crippen LogP contribution in [0.1, 0.15) is 5.56 Å². The molecule has 0 aliphatic rings. The van der Waals surface area contributed by atoms with E-state index in [1.54, 1.807) is 54.6 Å². The second-order valence-corrected chi connectivity index (χ2v) is 10.6. The van der Waals surface area contributed by atoms with Crippen molar-refractivity contribution in [2.45, 2.75) is 23.6 Å². The molecule has 198 valence electrons. The first-order valence-corrected chi connectivity index (χ1v) is 13.0. The predicted octanol–water partition coefficient (Wildman–Crippen LogP) is 1.91. The molecule has 1 heterocycles. The summed E-state index contributed by atoms with van der Waals surface area (Å²) in [4.78, 5) is 25.1. The fraction of sp³-hybridized carbons (Fsp3) is 0.154. The van der Waals surface area contributed by atoms with E-state index >= 15 is 0 Å². The molecule has 4 N–H and O–H groups in total. The molecule has 0 aliphatic carbocycles. The van der Waals surface area contributed by atoms with Gasteiger partial charge in [0.2, 0.25) is 5.88 Å². The van der Waals surface area contributed by atoms with E-state index in [1.807, 2.05) is 6.07 Å². The van der Waals surface area contributed by atoms with Crippen molar-refractivity contribution < 1.29 is 33.4 Å². The summed E-state index contributed by atoms with van der Waals surface area (Å²) in [5.74, 6) is -2.36. The Morgan fingerprint density at radius 3 is 2.11 bits per heavy atom. The fourth-order valence-corrected chi connectivity index (χ4v) is 5.41. The Labute approximate surface area is 217 Å². The van der Waals surface area contributed by atoms with Crippen LogP contribution in [0.4, 0.5) is 0 Å². The molecule has 4 rings (SSSR count). The van der Waals surface area contributed by atoms with Crippen molar-refractivity contribution in [3.05, 3.63) is 107 Å². The molecule has 1 unspecified atom stereocenters. The molecule has 4 aromatic rings. The van der Waals surface area contributed by atoms with Crippen LogP contribution in [-0.4, -0.2) is 50.2 Å². The molecular weight excluding hydrogens is 514 g/mol. The molecule has 1 aromatic heterocycles. The van der Waals surface area contributed by atoms with Crippen LogP contribution in [0.25, 0.3) is 0 Å². The summed E-state index contributed by atoms with van der Waals surface area (Å²) in [7, 11) is -4.33. The lowest BCUT2D eigenvalue weighted by Gasteiger charge is -2.25. The van der Waals surface area contributed by atoms with Crippen LogP contribution in [-0.2, 0) is 27.7 Å². The highest BCUT2D eigenvalue weighted by Crippen LogP contribution is 2.25. The van der Waals surface area contributed by atoms with Crippen molar-refractivity contribution in [2.24, 2.45) is 0 Å². The largest absolute Gasteiger partial charge is 0.493 e.